The van der Waals surface area contributed by atoms with E-state index in [1.54, 1.807) is 17.2 Å². The summed E-state index contributed by atoms with van der Waals surface area (Å²) in [5.41, 5.74) is 0.608. The first-order valence-corrected chi connectivity index (χ1v) is 8.00. The second kappa shape index (κ2) is 6.14. The van der Waals surface area contributed by atoms with E-state index in [0.717, 1.165) is 24.5 Å². The summed E-state index contributed by atoms with van der Waals surface area (Å²) in [4.78, 5) is 6.55. The van der Waals surface area contributed by atoms with Crippen LogP contribution in [-0.2, 0) is 12.1 Å². The van der Waals surface area contributed by atoms with E-state index in [9.17, 15) is 5.11 Å². The van der Waals surface area contributed by atoms with Crippen molar-refractivity contribution in [3.63, 3.8) is 0 Å². The molecule has 0 spiro atoms. The van der Waals surface area contributed by atoms with Gasteiger partial charge in [0.25, 0.3) is 0 Å². The van der Waals surface area contributed by atoms with Gasteiger partial charge in [-0.15, -0.1) is 5.10 Å². The van der Waals surface area contributed by atoms with E-state index >= 15 is 0 Å². The smallest absolute Gasteiger partial charge is 0.164 e. The first kappa shape index (κ1) is 15.0. The lowest BCUT2D eigenvalue weighted by atomic mass is 9.90. The standard InChI is InChI=1S/C16H19N7O/c24-16(14-9-18-21-19-14)7-4-8-22(11-16)10-15-17-12-23(20-15)13-5-2-1-3-6-13/h1-3,5-6,9,12,24H,4,7-8,10-11H2,(H,18,19,21)/t16-/m0/s1. The van der Waals surface area contributed by atoms with Crippen LogP contribution in [0.15, 0.2) is 42.9 Å². The van der Waals surface area contributed by atoms with Crippen LogP contribution in [0.4, 0.5) is 0 Å². The van der Waals surface area contributed by atoms with Gasteiger partial charge in [0.15, 0.2) is 5.82 Å². The lowest BCUT2D eigenvalue weighted by molar-refractivity contribution is -0.0420. The van der Waals surface area contributed by atoms with Crippen LogP contribution in [0.3, 0.4) is 0 Å². The van der Waals surface area contributed by atoms with Crippen LogP contribution in [0.25, 0.3) is 5.69 Å². The largest absolute Gasteiger partial charge is 0.382 e. The highest BCUT2D eigenvalue weighted by Gasteiger charge is 2.37. The third-order valence-corrected chi connectivity index (χ3v) is 4.37. The number of aliphatic hydroxyl groups is 1. The number of β-amino-alcohol motifs (C(OH)–C–C–N with tert-alkyl or cyclic N) is 1. The SMILES string of the molecule is O[C@@]1(c2cn[nH]n2)CCCN(Cc2ncn(-c3ccccc3)n2)C1. The third kappa shape index (κ3) is 2.93. The molecule has 0 saturated carbocycles. The second-order valence-corrected chi connectivity index (χ2v) is 6.14. The lowest BCUT2D eigenvalue weighted by Crippen LogP contribution is -2.46. The molecule has 0 bridgehead atoms. The molecule has 3 aromatic rings. The molecule has 8 nitrogen and oxygen atoms in total. The van der Waals surface area contributed by atoms with Crippen molar-refractivity contribution in [2.24, 2.45) is 0 Å². The van der Waals surface area contributed by atoms with Gasteiger partial charge in [0.1, 0.15) is 17.6 Å². The van der Waals surface area contributed by atoms with E-state index in [-0.39, 0.29) is 0 Å². The number of para-hydroxylation sites is 1. The number of aromatic nitrogens is 6. The zero-order valence-corrected chi connectivity index (χ0v) is 13.2. The summed E-state index contributed by atoms with van der Waals surface area (Å²) in [5, 5.41) is 25.8. The van der Waals surface area contributed by atoms with Gasteiger partial charge in [-0.05, 0) is 31.5 Å². The molecule has 0 aliphatic carbocycles. The Hall–Kier alpha value is -2.58. The topological polar surface area (TPSA) is 95.8 Å². The van der Waals surface area contributed by atoms with Crippen LogP contribution in [-0.4, -0.2) is 53.3 Å². The van der Waals surface area contributed by atoms with E-state index in [1.807, 2.05) is 30.3 Å². The molecule has 3 heterocycles. The number of hydrogen-bond donors (Lipinski definition) is 2. The Morgan fingerprint density at radius 3 is 2.92 bits per heavy atom. The van der Waals surface area contributed by atoms with Crippen molar-refractivity contribution >= 4 is 0 Å². The fraction of sp³-hybridized carbons (Fsp3) is 0.375. The van der Waals surface area contributed by atoms with Gasteiger partial charge in [0, 0.05) is 6.54 Å². The van der Waals surface area contributed by atoms with Gasteiger partial charge in [-0.1, -0.05) is 18.2 Å². The van der Waals surface area contributed by atoms with Crippen molar-refractivity contribution in [1.82, 2.24) is 35.1 Å². The van der Waals surface area contributed by atoms with Crippen molar-refractivity contribution in [2.75, 3.05) is 13.1 Å². The Morgan fingerprint density at radius 2 is 2.12 bits per heavy atom. The fourth-order valence-electron chi connectivity index (χ4n) is 3.17. The molecule has 8 heteroatoms. The average molecular weight is 325 g/mol. The first-order valence-electron chi connectivity index (χ1n) is 8.00. The molecule has 1 aliphatic heterocycles. The molecule has 2 N–H and O–H groups in total. The average Bonchev–Trinajstić information content (AvgIpc) is 3.28. The number of piperidine rings is 1. The molecule has 0 amide bonds. The Balaban J connectivity index is 1.47. The maximum atomic E-state index is 10.9. The van der Waals surface area contributed by atoms with Crippen LogP contribution in [0.2, 0.25) is 0 Å². The summed E-state index contributed by atoms with van der Waals surface area (Å²) in [6, 6.07) is 9.89. The molecule has 1 fully saturated rings. The van der Waals surface area contributed by atoms with Crippen LogP contribution < -0.4 is 0 Å². The van der Waals surface area contributed by atoms with Gasteiger partial charge >= 0.3 is 0 Å². The molecular formula is C16H19N7O. The predicted octanol–water partition coefficient (Wildman–Crippen LogP) is 0.869. The summed E-state index contributed by atoms with van der Waals surface area (Å²) in [7, 11) is 0. The Morgan fingerprint density at radius 1 is 1.25 bits per heavy atom. The van der Waals surface area contributed by atoms with E-state index in [1.165, 1.54) is 0 Å². The van der Waals surface area contributed by atoms with Gasteiger partial charge in [-0.3, -0.25) is 4.90 Å². The van der Waals surface area contributed by atoms with Crippen LogP contribution in [0.5, 0.6) is 0 Å². The minimum Gasteiger partial charge on any atom is -0.382 e. The van der Waals surface area contributed by atoms with Crippen molar-refractivity contribution in [1.29, 1.82) is 0 Å². The number of aromatic amines is 1. The minimum absolute atomic E-state index is 0.499. The number of H-pyrrole nitrogens is 1. The molecule has 0 radical (unpaired) electrons. The van der Waals surface area contributed by atoms with E-state index in [2.05, 4.69) is 30.4 Å². The molecule has 1 aliphatic rings. The highest BCUT2D eigenvalue weighted by Crippen LogP contribution is 2.30. The molecule has 1 aromatic carbocycles. The molecule has 4 rings (SSSR count). The normalized spacial score (nSPS) is 21.9. The Bertz CT molecular complexity index is 786. The number of nitrogens with zero attached hydrogens (tertiary/aromatic N) is 6. The molecule has 1 atom stereocenters. The highest BCUT2D eigenvalue weighted by molar-refractivity contribution is 5.29. The minimum atomic E-state index is -0.965. The van der Waals surface area contributed by atoms with Crippen molar-refractivity contribution in [3.05, 3.63) is 54.4 Å². The number of hydrogen-bond acceptors (Lipinski definition) is 6. The quantitative estimate of drug-likeness (QED) is 0.739. The van der Waals surface area contributed by atoms with Crippen LogP contribution in [0.1, 0.15) is 24.4 Å². The predicted molar refractivity (Wildman–Crippen MR) is 86.1 cm³/mol. The number of nitrogens with one attached hydrogen (secondary N) is 1. The lowest BCUT2D eigenvalue weighted by Gasteiger charge is -2.37. The maximum Gasteiger partial charge on any atom is 0.164 e. The number of rotatable bonds is 4. The van der Waals surface area contributed by atoms with Gasteiger partial charge in [0.2, 0.25) is 0 Å². The monoisotopic (exact) mass is 325 g/mol. The van der Waals surface area contributed by atoms with Crippen molar-refractivity contribution < 1.29 is 5.11 Å². The summed E-state index contributed by atoms with van der Waals surface area (Å²) >= 11 is 0. The van der Waals surface area contributed by atoms with E-state index < -0.39 is 5.60 Å². The third-order valence-electron chi connectivity index (χ3n) is 4.37. The Kier molecular flexibility index (Phi) is 3.83. The van der Waals surface area contributed by atoms with E-state index in [0.29, 0.717) is 25.2 Å². The van der Waals surface area contributed by atoms with Gasteiger partial charge < -0.3 is 5.11 Å². The molecule has 0 unspecified atom stereocenters. The number of benzene rings is 1. The summed E-state index contributed by atoms with van der Waals surface area (Å²) < 4.78 is 1.77. The molecular weight excluding hydrogens is 306 g/mol. The Labute approximate surface area is 139 Å². The summed E-state index contributed by atoms with van der Waals surface area (Å²) in [5.74, 6) is 0.739. The molecule has 1 saturated heterocycles. The number of likely N-dealkylation sites (tertiary alicyclic amines) is 1. The van der Waals surface area contributed by atoms with Crippen molar-refractivity contribution in [2.45, 2.75) is 25.0 Å². The summed E-state index contributed by atoms with van der Waals surface area (Å²) in [6.45, 7) is 2.00. The molecule has 124 valence electrons. The first-order chi connectivity index (χ1) is 11.7. The summed E-state index contributed by atoms with van der Waals surface area (Å²) in [6.07, 6.45) is 4.88. The van der Waals surface area contributed by atoms with Gasteiger partial charge in [-0.2, -0.15) is 15.4 Å². The highest BCUT2D eigenvalue weighted by atomic mass is 16.3. The maximum absolute atomic E-state index is 10.9. The molecule has 2 aromatic heterocycles. The second-order valence-electron chi connectivity index (χ2n) is 6.14. The fourth-order valence-corrected chi connectivity index (χ4v) is 3.17. The zero-order valence-electron chi connectivity index (χ0n) is 13.2. The zero-order chi connectivity index (χ0) is 16.4. The van der Waals surface area contributed by atoms with Crippen molar-refractivity contribution in [3.8, 4) is 5.69 Å². The van der Waals surface area contributed by atoms with E-state index in [4.69, 9.17) is 0 Å². The van der Waals surface area contributed by atoms with Gasteiger partial charge in [0.05, 0.1) is 18.4 Å². The molecule has 24 heavy (non-hydrogen) atoms. The van der Waals surface area contributed by atoms with Crippen LogP contribution in [0, 0.1) is 0 Å². The van der Waals surface area contributed by atoms with Crippen LogP contribution >= 0.6 is 0 Å². The van der Waals surface area contributed by atoms with Gasteiger partial charge in [-0.25, -0.2) is 9.67 Å².